The fraction of sp³-hybridized carbons (Fsp3) is 0.355. The van der Waals surface area contributed by atoms with Gasteiger partial charge in [0.1, 0.15) is 0 Å². The largest absolute Gasteiger partial charge is 0.494 e. The number of aromatic nitrogens is 3. The molecule has 10 nitrogen and oxygen atoms in total. The van der Waals surface area contributed by atoms with E-state index in [2.05, 4.69) is 20.6 Å². The van der Waals surface area contributed by atoms with E-state index in [0.29, 0.717) is 66.4 Å². The molecule has 2 aliphatic heterocycles. The van der Waals surface area contributed by atoms with Gasteiger partial charge in [-0.05, 0) is 67.6 Å². The molecule has 13 heteroatoms. The highest BCUT2D eigenvalue weighted by Gasteiger charge is 2.52. The van der Waals surface area contributed by atoms with Crippen molar-refractivity contribution >= 4 is 41.4 Å². The van der Waals surface area contributed by atoms with Crippen LogP contribution in [0.25, 0.3) is 16.9 Å². The van der Waals surface area contributed by atoms with Crippen LogP contribution in [0.3, 0.4) is 0 Å². The van der Waals surface area contributed by atoms with Gasteiger partial charge in [-0.2, -0.15) is 4.39 Å². The summed E-state index contributed by atoms with van der Waals surface area (Å²) in [5.74, 6) is -0.617. The number of piperazine rings is 1. The first kappa shape index (κ1) is 29.8. The van der Waals surface area contributed by atoms with Gasteiger partial charge in [0.05, 0.1) is 25.0 Å². The lowest BCUT2D eigenvalue weighted by molar-refractivity contribution is -0.135. The van der Waals surface area contributed by atoms with Gasteiger partial charge < -0.3 is 25.2 Å². The molecule has 0 radical (unpaired) electrons. The van der Waals surface area contributed by atoms with Crippen LogP contribution >= 0.6 is 12.4 Å². The van der Waals surface area contributed by atoms with Gasteiger partial charge in [0.2, 0.25) is 11.7 Å². The molecule has 7 rings (SSSR count). The van der Waals surface area contributed by atoms with Gasteiger partial charge in [-0.15, -0.1) is 12.4 Å². The predicted molar refractivity (Wildman–Crippen MR) is 162 cm³/mol. The third-order valence-electron chi connectivity index (χ3n) is 8.84. The van der Waals surface area contributed by atoms with Crippen molar-refractivity contribution < 1.29 is 23.1 Å². The van der Waals surface area contributed by atoms with Gasteiger partial charge in [-0.1, -0.05) is 0 Å². The smallest absolute Gasteiger partial charge is 0.254 e. The number of nitrogens with zero attached hydrogens (tertiary/aromatic N) is 5. The molecule has 2 N–H and O–H groups in total. The van der Waals surface area contributed by atoms with Crippen LogP contribution in [0, 0.1) is 30.4 Å². The maximum Gasteiger partial charge on any atom is 0.254 e. The maximum absolute atomic E-state index is 14.8. The van der Waals surface area contributed by atoms with Crippen molar-refractivity contribution in [2.24, 2.45) is 11.8 Å². The summed E-state index contributed by atoms with van der Waals surface area (Å²) >= 11 is 0. The van der Waals surface area contributed by atoms with Crippen LogP contribution in [-0.2, 0) is 4.79 Å². The number of halogens is 3. The highest BCUT2D eigenvalue weighted by atomic mass is 35.5. The molecule has 3 atom stereocenters. The molecule has 0 unspecified atom stereocenters. The summed E-state index contributed by atoms with van der Waals surface area (Å²) in [5, 5.41) is 6.59. The standard InChI is InChI=1S/C31H31F2N7O3.ClH/c1-17-13-19(3-4-20(17)30(41)38-9-11-39(12-10-38)31(42)27-22-14-18(22)15-35-27)37-28-29-36-16-23(40(29)8-7-34-28)21-5-6-24(43-2)26(33)25(21)32;/h3-8,13,16,18,22,27,35H,9-12,14-15H2,1-2H3,(H,34,37);1H/t18-,22-,27+;/m1./s1. The van der Waals surface area contributed by atoms with Crippen LogP contribution in [-0.4, -0.2) is 81.9 Å². The van der Waals surface area contributed by atoms with E-state index in [1.165, 1.54) is 25.4 Å². The van der Waals surface area contributed by atoms with E-state index in [-0.39, 0.29) is 41.6 Å². The van der Waals surface area contributed by atoms with Crippen LogP contribution in [0.15, 0.2) is 48.9 Å². The third kappa shape index (κ3) is 5.11. The average Bonchev–Trinajstić information content (AvgIpc) is 3.46. The Morgan fingerprint density at radius 1 is 1.05 bits per heavy atom. The van der Waals surface area contributed by atoms with Crippen molar-refractivity contribution in [1.82, 2.24) is 29.5 Å². The van der Waals surface area contributed by atoms with Crippen LogP contribution in [0.4, 0.5) is 20.3 Å². The Morgan fingerprint density at radius 2 is 1.82 bits per heavy atom. The van der Waals surface area contributed by atoms with E-state index in [4.69, 9.17) is 4.74 Å². The highest BCUT2D eigenvalue weighted by Crippen LogP contribution is 2.45. The SMILES string of the molecule is COc1ccc(-c2cnc3c(Nc4ccc(C(=O)N5CCN(C(=O)[C@H]6NC[C@H]7C[C@H]76)CC5)c(C)c4)nccn23)c(F)c1F.Cl. The number of amides is 2. The second-order valence-electron chi connectivity index (χ2n) is 11.4. The second kappa shape index (κ2) is 11.7. The Morgan fingerprint density at radius 3 is 2.50 bits per heavy atom. The number of carbonyl (C=O) groups is 2. The Hall–Kier alpha value is -4.29. The molecule has 1 saturated carbocycles. The molecule has 44 heavy (non-hydrogen) atoms. The molecular weight excluding hydrogens is 592 g/mol. The topological polar surface area (TPSA) is 104 Å². The molecule has 2 amide bonds. The van der Waals surface area contributed by atoms with E-state index < -0.39 is 11.6 Å². The average molecular weight is 624 g/mol. The molecule has 3 aliphatic rings. The molecule has 0 spiro atoms. The summed E-state index contributed by atoms with van der Waals surface area (Å²) in [6, 6.07) is 8.19. The number of imidazole rings is 1. The van der Waals surface area contributed by atoms with Crippen molar-refractivity contribution in [3.8, 4) is 17.0 Å². The van der Waals surface area contributed by atoms with E-state index in [9.17, 15) is 18.4 Å². The summed E-state index contributed by atoms with van der Waals surface area (Å²) < 4.78 is 35.7. The first-order chi connectivity index (χ1) is 20.8. The number of hydrogen-bond donors (Lipinski definition) is 2. The fourth-order valence-corrected chi connectivity index (χ4v) is 6.32. The number of benzene rings is 2. The highest BCUT2D eigenvalue weighted by molar-refractivity contribution is 5.96. The number of hydrogen-bond acceptors (Lipinski definition) is 7. The summed E-state index contributed by atoms with van der Waals surface area (Å²) in [5.41, 5.74) is 2.89. The van der Waals surface area contributed by atoms with E-state index >= 15 is 0 Å². The quantitative estimate of drug-likeness (QED) is 0.334. The Labute approximate surface area is 258 Å². The van der Waals surface area contributed by atoms with Crippen LogP contribution in [0.1, 0.15) is 22.3 Å². The van der Waals surface area contributed by atoms with E-state index in [1.807, 2.05) is 17.9 Å². The Balaban J connectivity index is 0.00000343. The van der Waals surface area contributed by atoms with E-state index in [0.717, 1.165) is 18.5 Å². The molecule has 0 bridgehead atoms. The second-order valence-corrected chi connectivity index (χ2v) is 11.4. The minimum absolute atomic E-state index is 0. The Bertz CT molecular complexity index is 1760. The number of rotatable bonds is 6. The van der Waals surface area contributed by atoms with Gasteiger partial charge in [0, 0.05) is 55.4 Å². The maximum atomic E-state index is 14.8. The summed E-state index contributed by atoms with van der Waals surface area (Å²) in [7, 11) is 1.28. The number of nitrogens with one attached hydrogen (secondary N) is 2. The van der Waals surface area contributed by atoms with Crippen LogP contribution in [0.2, 0.25) is 0 Å². The molecular formula is C31H32ClF2N7O3. The van der Waals surface area contributed by atoms with Crippen molar-refractivity contribution in [2.75, 3.05) is 45.2 Å². The van der Waals surface area contributed by atoms with Gasteiger partial charge in [-0.25, -0.2) is 14.4 Å². The van der Waals surface area contributed by atoms with E-state index in [1.54, 1.807) is 33.8 Å². The molecule has 4 heterocycles. The minimum atomic E-state index is -1.07. The molecule has 3 fully saturated rings. The zero-order valence-electron chi connectivity index (χ0n) is 24.2. The minimum Gasteiger partial charge on any atom is -0.494 e. The molecule has 2 aromatic heterocycles. The van der Waals surface area contributed by atoms with Crippen LogP contribution in [0.5, 0.6) is 5.75 Å². The first-order valence-corrected chi connectivity index (χ1v) is 14.4. The Kier molecular flexibility index (Phi) is 7.89. The van der Waals surface area contributed by atoms with Crippen molar-refractivity contribution in [2.45, 2.75) is 19.4 Å². The van der Waals surface area contributed by atoms with Crippen molar-refractivity contribution in [3.63, 3.8) is 0 Å². The zero-order chi connectivity index (χ0) is 29.8. The molecule has 4 aromatic rings. The number of anilines is 2. The number of methoxy groups -OCH3 is 1. The van der Waals surface area contributed by atoms with Gasteiger partial charge in [0.25, 0.3) is 5.91 Å². The lowest BCUT2D eigenvalue weighted by Gasteiger charge is -2.36. The summed E-state index contributed by atoms with van der Waals surface area (Å²) in [6.07, 6.45) is 5.77. The van der Waals surface area contributed by atoms with Gasteiger partial charge in [0.15, 0.2) is 23.0 Å². The van der Waals surface area contributed by atoms with Crippen molar-refractivity contribution in [1.29, 1.82) is 0 Å². The third-order valence-corrected chi connectivity index (χ3v) is 8.84. The fourth-order valence-electron chi connectivity index (χ4n) is 6.32. The molecule has 230 valence electrons. The number of aryl methyl sites for hydroxylation is 1. The predicted octanol–water partition coefficient (Wildman–Crippen LogP) is 4.05. The molecule has 2 aromatic carbocycles. The number of fused-ring (bicyclic) bond motifs is 2. The van der Waals surface area contributed by atoms with Gasteiger partial charge >= 0.3 is 0 Å². The van der Waals surface area contributed by atoms with Crippen LogP contribution < -0.4 is 15.4 Å². The molecule has 2 saturated heterocycles. The first-order valence-electron chi connectivity index (χ1n) is 14.4. The van der Waals surface area contributed by atoms with Gasteiger partial charge in [-0.3, -0.25) is 14.0 Å². The lowest BCUT2D eigenvalue weighted by atomic mass is 10.1. The monoisotopic (exact) mass is 623 g/mol. The molecule has 1 aliphatic carbocycles. The lowest BCUT2D eigenvalue weighted by Crippen LogP contribution is -2.55. The summed E-state index contributed by atoms with van der Waals surface area (Å²) in [6.45, 7) is 4.87. The number of carbonyl (C=O) groups excluding carboxylic acids is 2. The number of ether oxygens (including phenoxy) is 1. The summed E-state index contributed by atoms with van der Waals surface area (Å²) in [4.78, 5) is 38.8. The van der Waals surface area contributed by atoms with Crippen molar-refractivity contribution in [3.05, 3.63) is 71.7 Å². The zero-order valence-corrected chi connectivity index (χ0v) is 25.0. The number of piperidine rings is 1. The normalized spacial score (nSPS) is 20.7.